The Hall–Kier alpha value is -1.81. The molecule has 1 heterocycles. The van der Waals surface area contributed by atoms with E-state index in [0.717, 1.165) is 28.8 Å². The quantitative estimate of drug-likeness (QED) is 0.824. The fourth-order valence-corrected chi connectivity index (χ4v) is 1.82. The molecule has 4 heteroatoms. The van der Waals surface area contributed by atoms with Gasteiger partial charge in [0, 0.05) is 37.4 Å². The van der Waals surface area contributed by atoms with Crippen molar-refractivity contribution in [3.63, 3.8) is 0 Å². The highest BCUT2D eigenvalue weighted by Gasteiger charge is 2.09. The predicted octanol–water partition coefficient (Wildman–Crippen LogP) is 2.62. The van der Waals surface area contributed by atoms with Crippen molar-refractivity contribution in [3.8, 4) is 5.75 Å². The van der Waals surface area contributed by atoms with E-state index in [1.54, 1.807) is 13.3 Å². The average molecular weight is 246 g/mol. The van der Waals surface area contributed by atoms with E-state index in [1.165, 1.54) is 0 Å². The second-order valence-corrected chi connectivity index (χ2v) is 4.26. The molecule has 0 radical (unpaired) electrons. The topological polar surface area (TPSA) is 57.4 Å². The van der Waals surface area contributed by atoms with Crippen molar-refractivity contribution in [2.45, 2.75) is 19.4 Å². The second-order valence-electron chi connectivity index (χ2n) is 4.26. The molecule has 0 aliphatic heterocycles. The zero-order chi connectivity index (χ0) is 13.0. The van der Waals surface area contributed by atoms with E-state index in [9.17, 15) is 0 Å². The number of ether oxygens (including phenoxy) is 2. The largest absolute Gasteiger partial charge is 0.488 e. The Balaban J connectivity index is 2.26. The van der Waals surface area contributed by atoms with E-state index < -0.39 is 0 Å². The highest BCUT2D eigenvalue weighted by molar-refractivity contribution is 5.94. The maximum absolute atomic E-state index is 5.92. The molecule has 2 rings (SSSR count). The monoisotopic (exact) mass is 246 g/mol. The Labute approximate surface area is 107 Å². The van der Waals surface area contributed by atoms with Gasteiger partial charge >= 0.3 is 0 Å². The van der Waals surface area contributed by atoms with Crippen LogP contribution in [0.3, 0.4) is 0 Å². The van der Waals surface area contributed by atoms with Gasteiger partial charge in [0.05, 0.1) is 6.10 Å². The maximum Gasteiger partial charge on any atom is 0.146 e. The van der Waals surface area contributed by atoms with Crippen LogP contribution in [0, 0.1) is 0 Å². The van der Waals surface area contributed by atoms with Gasteiger partial charge in [-0.05, 0) is 31.2 Å². The van der Waals surface area contributed by atoms with Crippen molar-refractivity contribution in [2.24, 2.45) is 0 Å². The molecule has 0 amide bonds. The van der Waals surface area contributed by atoms with E-state index in [0.29, 0.717) is 6.61 Å². The molecular weight excluding hydrogens is 228 g/mol. The Morgan fingerprint density at radius 3 is 2.94 bits per heavy atom. The second kappa shape index (κ2) is 5.69. The van der Waals surface area contributed by atoms with Crippen molar-refractivity contribution in [3.05, 3.63) is 30.5 Å². The number of benzene rings is 1. The normalized spacial score (nSPS) is 12.6. The SMILES string of the molecule is COCCC(C)Oc1ccc(N)c2cccnc12. The highest BCUT2D eigenvalue weighted by Crippen LogP contribution is 2.28. The number of pyridine rings is 1. The standard InChI is InChI=1S/C14H18N2O2/c1-10(7-9-17-2)18-13-6-5-12(15)11-4-3-8-16-14(11)13/h3-6,8,10H,7,9,15H2,1-2H3. The van der Waals surface area contributed by atoms with Gasteiger partial charge in [-0.1, -0.05) is 0 Å². The fraction of sp³-hybridized carbons (Fsp3) is 0.357. The summed E-state index contributed by atoms with van der Waals surface area (Å²) in [7, 11) is 1.69. The van der Waals surface area contributed by atoms with Gasteiger partial charge in [-0.3, -0.25) is 4.98 Å². The number of aromatic nitrogens is 1. The lowest BCUT2D eigenvalue weighted by Crippen LogP contribution is -2.14. The van der Waals surface area contributed by atoms with Crippen LogP contribution in [0.25, 0.3) is 10.9 Å². The Kier molecular flexibility index (Phi) is 3.99. The molecule has 2 aromatic rings. The highest BCUT2D eigenvalue weighted by atomic mass is 16.5. The van der Waals surface area contributed by atoms with Gasteiger partial charge in [-0.15, -0.1) is 0 Å². The van der Waals surface area contributed by atoms with Gasteiger partial charge in [-0.2, -0.15) is 0 Å². The van der Waals surface area contributed by atoms with Crippen LogP contribution in [-0.4, -0.2) is 24.8 Å². The van der Waals surface area contributed by atoms with Crippen LogP contribution in [0.2, 0.25) is 0 Å². The van der Waals surface area contributed by atoms with Crippen molar-refractivity contribution < 1.29 is 9.47 Å². The van der Waals surface area contributed by atoms with Crippen molar-refractivity contribution in [2.75, 3.05) is 19.5 Å². The fourth-order valence-electron chi connectivity index (χ4n) is 1.82. The van der Waals surface area contributed by atoms with Crippen LogP contribution >= 0.6 is 0 Å². The summed E-state index contributed by atoms with van der Waals surface area (Å²) in [5, 5.41) is 0.925. The van der Waals surface area contributed by atoms with E-state index in [1.807, 2.05) is 31.2 Å². The molecule has 0 fully saturated rings. The summed E-state index contributed by atoms with van der Waals surface area (Å²) in [6.45, 7) is 2.70. The summed E-state index contributed by atoms with van der Waals surface area (Å²) in [4.78, 5) is 4.34. The molecule has 1 atom stereocenters. The third-order valence-corrected chi connectivity index (χ3v) is 2.82. The Bertz CT molecular complexity index is 528. The zero-order valence-corrected chi connectivity index (χ0v) is 10.7. The zero-order valence-electron chi connectivity index (χ0n) is 10.7. The van der Waals surface area contributed by atoms with Gasteiger partial charge in [-0.25, -0.2) is 0 Å². The smallest absolute Gasteiger partial charge is 0.146 e. The molecule has 0 spiro atoms. The molecule has 96 valence electrons. The number of fused-ring (bicyclic) bond motifs is 1. The Morgan fingerprint density at radius 1 is 1.33 bits per heavy atom. The molecule has 0 saturated heterocycles. The lowest BCUT2D eigenvalue weighted by atomic mass is 10.1. The number of anilines is 1. The molecule has 0 aliphatic rings. The van der Waals surface area contributed by atoms with Crippen LogP contribution in [0.5, 0.6) is 5.75 Å². The molecule has 4 nitrogen and oxygen atoms in total. The number of nitrogen functional groups attached to an aromatic ring is 1. The van der Waals surface area contributed by atoms with E-state index in [4.69, 9.17) is 15.2 Å². The Morgan fingerprint density at radius 2 is 2.17 bits per heavy atom. The summed E-state index contributed by atoms with van der Waals surface area (Å²) >= 11 is 0. The van der Waals surface area contributed by atoms with Crippen molar-refractivity contribution in [1.82, 2.24) is 4.98 Å². The number of methoxy groups -OCH3 is 1. The molecular formula is C14H18N2O2. The summed E-state index contributed by atoms with van der Waals surface area (Å²) < 4.78 is 10.9. The first kappa shape index (κ1) is 12.6. The van der Waals surface area contributed by atoms with Crippen LogP contribution in [-0.2, 0) is 4.74 Å². The predicted molar refractivity (Wildman–Crippen MR) is 72.7 cm³/mol. The number of hydrogen-bond acceptors (Lipinski definition) is 4. The van der Waals surface area contributed by atoms with Crippen LogP contribution in [0.1, 0.15) is 13.3 Å². The lowest BCUT2D eigenvalue weighted by Gasteiger charge is -2.16. The van der Waals surface area contributed by atoms with Crippen molar-refractivity contribution >= 4 is 16.6 Å². The van der Waals surface area contributed by atoms with Gasteiger partial charge in [0.25, 0.3) is 0 Å². The first-order valence-corrected chi connectivity index (χ1v) is 6.01. The van der Waals surface area contributed by atoms with Crippen molar-refractivity contribution in [1.29, 1.82) is 0 Å². The molecule has 1 aromatic heterocycles. The first-order valence-electron chi connectivity index (χ1n) is 6.01. The van der Waals surface area contributed by atoms with Crippen LogP contribution in [0.15, 0.2) is 30.5 Å². The lowest BCUT2D eigenvalue weighted by molar-refractivity contribution is 0.136. The summed E-state index contributed by atoms with van der Waals surface area (Å²) in [6, 6.07) is 7.54. The molecule has 0 aliphatic carbocycles. The third-order valence-electron chi connectivity index (χ3n) is 2.82. The number of nitrogens with two attached hydrogens (primary N) is 1. The molecule has 1 aromatic carbocycles. The molecule has 1 unspecified atom stereocenters. The summed E-state index contributed by atoms with van der Waals surface area (Å²) in [6.07, 6.45) is 2.67. The summed E-state index contributed by atoms with van der Waals surface area (Å²) in [5.41, 5.74) is 7.45. The maximum atomic E-state index is 5.92. The minimum Gasteiger partial charge on any atom is -0.488 e. The van der Waals surface area contributed by atoms with E-state index in [-0.39, 0.29) is 6.10 Å². The minimum atomic E-state index is 0.0822. The van der Waals surface area contributed by atoms with Crippen LogP contribution < -0.4 is 10.5 Å². The van der Waals surface area contributed by atoms with Gasteiger partial charge < -0.3 is 15.2 Å². The molecule has 0 saturated carbocycles. The van der Waals surface area contributed by atoms with Gasteiger partial charge in [0.15, 0.2) is 0 Å². The first-order chi connectivity index (χ1) is 8.72. The van der Waals surface area contributed by atoms with E-state index >= 15 is 0 Å². The molecule has 2 N–H and O–H groups in total. The van der Waals surface area contributed by atoms with Gasteiger partial charge in [0.1, 0.15) is 11.3 Å². The summed E-state index contributed by atoms with van der Waals surface area (Å²) in [5.74, 6) is 0.767. The molecule has 18 heavy (non-hydrogen) atoms. The average Bonchev–Trinajstić information content (AvgIpc) is 2.40. The third kappa shape index (κ3) is 2.71. The van der Waals surface area contributed by atoms with Crippen LogP contribution in [0.4, 0.5) is 5.69 Å². The van der Waals surface area contributed by atoms with Gasteiger partial charge in [0.2, 0.25) is 0 Å². The number of rotatable bonds is 5. The van der Waals surface area contributed by atoms with E-state index in [2.05, 4.69) is 4.98 Å². The number of hydrogen-bond donors (Lipinski definition) is 1. The molecule has 0 bridgehead atoms. The minimum absolute atomic E-state index is 0.0822. The number of nitrogens with zero attached hydrogens (tertiary/aromatic N) is 1.